The Hall–Kier alpha value is -4.82. The van der Waals surface area contributed by atoms with Gasteiger partial charge in [0.15, 0.2) is 5.65 Å². The van der Waals surface area contributed by atoms with Gasteiger partial charge < -0.3 is 20.7 Å². The topological polar surface area (TPSA) is 135 Å². The molecule has 1 atom stereocenters. The fraction of sp³-hybridized carbons (Fsp3) is 0.323. The average molecular weight is 569 g/mol. The number of nitrogen functional groups attached to an aromatic ring is 1. The van der Waals surface area contributed by atoms with Crippen LogP contribution in [0, 0.1) is 17.1 Å². The van der Waals surface area contributed by atoms with E-state index < -0.39 is 11.4 Å². The van der Waals surface area contributed by atoms with Crippen molar-refractivity contribution in [2.75, 3.05) is 25.4 Å². The molecule has 1 aliphatic rings. The first-order valence-corrected chi connectivity index (χ1v) is 13.9. The van der Waals surface area contributed by atoms with E-state index in [1.165, 1.54) is 12.4 Å². The second-order valence-corrected chi connectivity index (χ2v) is 10.8. The van der Waals surface area contributed by atoms with Gasteiger partial charge in [-0.15, -0.1) is 0 Å². The van der Waals surface area contributed by atoms with Gasteiger partial charge in [0.1, 0.15) is 46.8 Å². The third-order valence-corrected chi connectivity index (χ3v) is 7.21. The number of nitrogens with two attached hydrogens (primary N) is 1. The molecule has 0 aliphatic carbocycles. The Labute approximate surface area is 243 Å². The molecule has 3 heterocycles. The molecule has 0 saturated carbocycles. The Balaban J connectivity index is 1.47. The zero-order valence-electron chi connectivity index (χ0n) is 23.8. The van der Waals surface area contributed by atoms with E-state index in [1.807, 2.05) is 39.0 Å². The van der Waals surface area contributed by atoms with Crippen molar-refractivity contribution in [1.82, 2.24) is 30.0 Å². The highest BCUT2D eigenvalue weighted by Crippen LogP contribution is 2.36. The van der Waals surface area contributed by atoms with Crippen LogP contribution in [-0.2, 0) is 4.79 Å². The van der Waals surface area contributed by atoms with Crippen LogP contribution in [0.3, 0.4) is 0 Å². The maximum absolute atomic E-state index is 15.5. The highest BCUT2D eigenvalue weighted by molar-refractivity contribution is 5.99. The van der Waals surface area contributed by atoms with Crippen LogP contribution in [-0.4, -0.2) is 55.7 Å². The Kier molecular flexibility index (Phi) is 8.17. The highest BCUT2D eigenvalue weighted by atomic mass is 19.1. The van der Waals surface area contributed by atoms with Gasteiger partial charge >= 0.3 is 0 Å². The summed E-state index contributed by atoms with van der Waals surface area (Å²) in [6.07, 6.45) is 4.43. The van der Waals surface area contributed by atoms with E-state index >= 15 is 4.39 Å². The first-order chi connectivity index (χ1) is 20.2. The van der Waals surface area contributed by atoms with E-state index in [0.29, 0.717) is 60.7 Å². The molecule has 1 aliphatic heterocycles. The summed E-state index contributed by atoms with van der Waals surface area (Å²) in [6, 6.07) is 15.5. The van der Waals surface area contributed by atoms with Crippen LogP contribution >= 0.6 is 0 Å². The minimum Gasteiger partial charge on any atom is -0.457 e. The first kappa shape index (κ1) is 28.7. The number of piperidine rings is 1. The van der Waals surface area contributed by atoms with Gasteiger partial charge in [0.25, 0.3) is 5.91 Å². The Morgan fingerprint density at radius 3 is 2.74 bits per heavy atom. The number of halogens is 1. The molecule has 3 N–H and O–H groups in total. The number of anilines is 1. The summed E-state index contributed by atoms with van der Waals surface area (Å²) in [5.74, 6) is 0.239. The van der Waals surface area contributed by atoms with Crippen molar-refractivity contribution in [3.63, 3.8) is 0 Å². The summed E-state index contributed by atoms with van der Waals surface area (Å²) in [6.45, 7) is 7.33. The number of nitrogens with zero attached hydrogens (tertiary/aromatic N) is 6. The quantitative estimate of drug-likeness (QED) is 0.224. The molecule has 42 heavy (non-hydrogen) atoms. The van der Waals surface area contributed by atoms with Crippen molar-refractivity contribution in [3.05, 3.63) is 72.3 Å². The SMILES string of the molecule is CCNC(C)(C)C=C(C#N)C(=O)N1CCC[C@@H](n2nc(-c3ccc(Oc4ccccc4)cc3F)c3c(N)ncnc32)C1. The molecule has 5 rings (SSSR count). The van der Waals surface area contributed by atoms with E-state index in [1.54, 1.807) is 39.9 Å². The third-order valence-electron chi connectivity index (χ3n) is 7.21. The molecule has 11 heteroatoms. The van der Waals surface area contributed by atoms with Crippen molar-refractivity contribution in [1.29, 1.82) is 5.26 Å². The monoisotopic (exact) mass is 568 g/mol. The van der Waals surface area contributed by atoms with E-state index in [2.05, 4.69) is 21.4 Å². The number of likely N-dealkylation sites (tertiary alicyclic amines) is 1. The van der Waals surface area contributed by atoms with Gasteiger partial charge in [0.2, 0.25) is 0 Å². The van der Waals surface area contributed by atoms with Crippen molar-refractivity contribution in [2.45, 2.75) is 45.2 Å². The summed E-state index contributed by atoms with van der Waals surface area (Å²) < 4.78 is 23.0. The van der Waals surface area contributed by atoms with E-state index in [-0.39, 0.29) is 28.9 Å². The number of hydrogen-bond acceptors (Lipinski definition) is 8. The standard InChI is InChI=1S/C31H33FN8O2/c1-4-37-31(2,3)16-20(17-33)30(41)39-14-8-9-21(18-39)40-29-26(28(34)35-19-36-29)27(38-40)24-13-12-23(15-25(24)32)42-22-10-6-5-7-11-22/h5-7,10-13,15-16,19,21,37H,4,8-9,14,18H2,1-3H3,(H2,34,35,36)/t21-/m1/s1. The van der Waals surface area contributed by atoms with E-state index in [4.69, 9.17) is 15.6 Å². The zero-order valence-corrected chi connectivity index (χ0v) is 23.8. The molecule has 0 bridgehead atoms. The maximum atomic E-state index is 15.5. The number of aromatic nitrogens is 4. The number of carbonyl (C=O) groups is 1. The Bertz CT molecular complexity index is 1680. The van der Waals surface area contributed by atoms with Crippen molar-refractivity contribution in [3.8, 4) is 28.8 Å². The molecule has 216 valence electrons. The fourth-order valence-corrected chi connectivity index (χ4v) is 5.33. The number of amides is 1. The number of nitriles is 1. The van der Waals surface area contributed by atoms with E-state index in [0.717, 1.165) is 0 Å². The molecular weight excluding hydrogens is 535 g/mol. The molecule has 2 aromatic carbocycles. The highest BCUT2D eigenvalue weighted by Gasteiger charge is 2.31. The van der Waals surface area contributed by atoms with Crippen molar-refractivity contribution in [2.24, 2.45) is 0 Å². The summed E-state index contributed by atoms with van der Waals surface area (Å²) in [5, 5.41) is 18.3. The molecule has 1 fully saturated rings. The number of likely N-dealkylation sites (N-methyl/N-ethyl adjacent to an activating group) is 1. The Morgan fingerprint density at radius 2 is 2.02 bits per heavy atom. The minimum atomic E-state index is -0.536. The van der Waals surface area contributed by atoms with Crippen LogP contribution in [0.2, 0.25) is 0 Å². The number of nitrogens with one attached hydrogen (secondary N) is 1. The van der Waals surface area contributed by atoms with Crippen LogP contribution in [0.15, 0.2) is 66.5 Å². The molecule has 0 radical (unpaired) electrons. The molecule has 1 saturated heterocycles. The van der Waals surface area contributed by atoms with Crippen LogP contribution in [0.25, 0.3) is 22.3 Å². The minimum absolute atomic E-state index is 0.0825. The Morgan fingerprint density at radius 1 is 1.24 bits per heavy atom. The zero-order chi connectivity index (χ0) is 29.9. The first-order valence-electron chi connectivity index (χ1n) is 13.9. The maximum Gasteiger partial charge on any atom is 0.264 e. The van der Waals surface area contributed by atoms with Gasteiger partial charge in [0, 0.05) is 30.3 Å². The van der Waals surface area contributed by atoms with Crippen molar-refractivity contribution < 1.29 is 13.9 Å². The van der Waals surface area contributed by atoms with Gasteiger partial charge in [0.05, 0.1) is 11.4 Å². The molecule has 4 aromatic rings. The lowest BCUT2D eigenvalue weighted by Crippen LogP contribution is -2.43. The molecule has 0 unspecified atom stereocenters. The third kappa shape index (κ3) is 5.94. The predicted molar refractivity (Wildman–Crippen MR) is 158 cm³/mol. The molecule has 10 nitrogen and oxygen atoms in total. The average Bonchev–Trinajstić information content (AvgIpc) is 3.37. The molecular formula is C31H33FN8O2. The summed E-state index contributed by atoms with van der Waals surface area (Å²) in [5.41, 5.74) is 6.82. The lowest BCUT2D eigenvalue weighted by atomic mass is 9.99. The number of benzene rings is 2. The second kappa shape index (κ2) is 12.0. The van der Waals surface area contributed by atoms with Gasteiger partial charge in [-0.25, -0.2) is 19.0 Å². The predicted octanol–water partition coefficient (Wildman–Crippen LogP) is 5.01. The van der Waals surface area contributed by atoms with Crippen LogP contribution in [0.1, 0.15) is 39.7 Å². The number of ether oxygens (including phenoxy) is 1. The van der Waals surface area contributed by atoms with Crippen molar-refractivity contribution >= 4 is 22.8 Å². The number of rotatable bonds is 8. The molecule has 0 spiro atoms. The van der Waals surface area contributed by atoms with E-state index in [9.17, 15) is 10.1 Å². The van der Waals surface area contributed by atoms with Gasteiger partial charge in [-0.3, -0.25) is 4.79 Å². The smallest absolute Gasteiger partial charge is 0.264 e. The second-order valence-electron chi connectivity index (χ2n) is 10.8. The lowest BCUT2D eigenvalue weighted by Gasteiger charge is -2.33. The summed E-state index contributed by atoms with van der Waals surface area (Å²) >= 11 is 0. The summed E-state index contributed by atoms with van der Waals surface area (Å²) in [4.78, 5) is 23.7. The normalized spacial score (nSPS) is 15.9. The van der Waals surface area contributed by atoms with Gasteiger partial charge in [-0.2, -0.15) is 10.4 Å². The van der Waals surface area contributed by atoms with Crippen LogP contribution in [0.4, 0.5) is 10.2 Å². The number of carbonyl (C=O) groups excluding carboxylic acids is 1. The van der Waals surface area contributed by atoms with Gasteiger partial charge in [-0.05, 0) is 63.6 Å². The van der Waals surface area contributed by atoms with Crippen LogP contribution < -0.4 is 15.8 Å². The van der Waals surface area contributed by atoms with Gasteiger partial charge in [-0.1, -0.05) is 25.1 Å². The summed E-state index contributed by atoms with van der Waals surface area (Å²) in [7, 11) is 0. The van der Waals surface area contributed by atoms with Crippen LogP contribution in [0.5, 0.6) is 11.5 Å². The lowest BCUT2D eigenvalue weighted by molar-refractivity contribution is -0.128. The number of fused-ring (bicyclic) bond motifs is 1. The largest absolute Gasteiger partial charge is 0.457 e. The number of para-hydroxylation sites is 1. The number of hydrogen-bond donors (Lipinski definition) is 2. The molecule has 1 amide bonds. The molecule has 2 aromatic heterocycles. The fourth-order valence-electron chi connectivity index (χ4n) is 5.33.